The molecule has 0 radical (unpaired) electrons. The SMILES string of the molecule is CC1OC(C(COCc2ccccc2)N(Cc2ccccc2)C(=O)OCc2ccccc2)CCC1N=[N+]=[N-]. The highest BCUT2D eigenvalue weighted by atomic mass is 16.6. The molecule has 0 bridgehead atoms. The van der Waals surface area contributed by atoms with Crippen molar-refractivity contribution in [3.63, 3.8) is 0 Å². The molecule has 0 aliphatic carbocycles. The van der Waals surface area contributed by atoms with Crippen LogP contribution in [-0.4, -0.2) is 41.9 Å². The fraction of sp³-hybridized carbons (Fsp3) is 0.367. The summed E-state index contributed by atoms with van der Waals surface area (Å²) in [5.41, 5.74) is 11.9. The minimum Gasteiger partial charge on any atom is -0.445 e. The van der Waals surface area contributed by atoms with Crippen molar-refractivity contribution in [3.8, 4) is 0 Å². The van der Waals surface area contributed by atoms with Crippen molar-refractivity contribution in [3.05, 3.63) is 118 Å². The lowest BCUT2D eigenvalue weighted by Crippen LogP contribution is -2.53. The van der Waals surface area contributed by atoms with Gasteiger partial charge in [0.1, 0.15) is 6.61 Å². The number of benzene rings is 3. The Balaban J connectivity index is 1.56. The van der Waals surface area contributed by atoms with Crippen LogP contribution in [0, 0.1) is 0 Å². The predicted octanol–water partition coefficient (Wildman–Crippen LogP) is 6.66. The van der Waals surface area contributed by atoms with Crippen LogP contribution >= 0.6 is 0 Å². The molecule has 1 fully saturated rings. The summed E-state index contributed by atoms with van der Waals surface area (Å²) in [7, 11) is 0. The second kappa shape index (κ2) is 14.2. The minimum atomic E-state index is -0.431. The molecule has 8 heteroatoms. The summed E-state index contributed by atoms with van der Waals surface area (Å²) < 4.78 is 18.3. The number of amides is 1. The van der Waals surface area contributed by atoms with Crippen LogP contribution in [0.2, 0.25) is 0 Å². The number of ether oxygens (including phenoxy) is 3. The number of carbonyl (C=O) groups is 1. The van der Waals surface area contributed by atoms with Gasteiger partial charge in [-0.3, -0.25) is 4.90 Å². The van der Waals surface area contributed by atoms with E-state index in [9.17, 15) is 4.79 Å². The van der Waals surface area contributed by atoms with Crippen molar-refractivity contribution in [2.45, 2.75) is 63.8 Å². The molecule has 0 aromatic heterocycles. The maximum Gasteiger partial charge on any atom is 0.410 e. The van der Waals surface area contributed by atoms with Crippen molar-refractivity contribution in [2.24, 2.45) is 5.11 Å². The van der Waals surface area contributed by atoms with Crippen LogP contribution in [0.5, 0.6) is 0 Å². The molecule has 1 amide bonds. The van der Waals surface area contributed by atoms with Gasteiger partial charge >= 0.3 is 6.09 Å². The first-order valence-electron chi connectivity index (χ1n) is 13.0. The molecule has 0 spiro atoms. The molecule has 0 saturated carbocycles. The van der Waals surface area contributed by atoms with E-state index >= 15 is 0 Å². The van der Waals surface area contributed by atoms with E-state index in [0.29, 0.717) is 26.0 Å². The molecule has 4 atom stereocenters. The van der Waals surface area contributed by atoms with E-state index in [1.54, 1.807) is 4.90 Å². The zero-order valence-corrected chi connectivity index (χ0v) is 21.6. The molecule has 3 aromatic carbocycles. The van der Waals surface area contributed by atoms with Crippen LogP contribution < -0.4 is 0 Å². The Morgan fingerprint density at radius 3 is 2.11 bits per heavy atom. The smallest absolute Gasteiger partial charge is 0.410 e. The number of azide groups is 1. The number of rotatable bonds is 11. The van der Waals surface area contributed by atoms with Crippen molar-refractivity contribution in [2.75, 3.05) is 6.61 Å². The summed E-state index contributed by atoms with van der Waals surface area (Å²) in [6.07, 6.45) is 0.284. The molecular formula is C30H34N4O4. The summed E-state index contributed by atoms with van der Waals surface area (Å²) in [5, 5.41) is 3.89. The molecule has 1 saturated heterocycles. The third kappa shape index (κ3) is 7.83. The third-order valence-electron chi connectivity index (χ3n) is 6.74. The summed E-state index contributed by atoms with van der Waals surface area (Å²) in [5.74, 6) is 0. The predicted molar refractivity (Wildman–Crippen MR) is 145 cm³/mol. The Bertz CT molecular complexity index is 1170. The largest absolute Gasteiger partial charge is 0.445 e. The topological polar surface area (TPSA) is 96.8 Å². The summed E-state index contributed by atoms with van der Waals surface area (Å²) in [6.45, 7) is 3.11. The van der Waals surface area contributed by atoms with E-state index in [0.717, 1.165) is 16.7 Å². The lowest BCUT2D eigenvalue weighted by molar-refractivity contribution is -0.106. The Kier molecular flexibility index (Phi) is 10.2. The molecule has 4 unspecified atom stereocenters. The van der Waals surface area contributed by atoms with Gasteiger partial charge in [0.2, 0.25) is 0 Å². The lowest BCUT2D eigenvalue weighted by Gasteiger charge is -2.41. The van der Waals surface area contributed by atoms with Gasteiger partial charge in [0, 0.05) is 11.5 Å². The molecule has 1 aliphatic rings. The molecule has 8 nitrogen and oxygen atoms in total. The van der Waals surface area contributed by atoms with Gasteiger partial charge < -0.3 is 14.2 Å². The van der Waals surface area contributed by atoms with Gasteiger partial charge in [0.05, 0.1) is 37.5 Å². The second-order valence-corrected chi connectivity index (χ2v) is 9.45. The molecule has 3 aromatic rings. The lowest BCUT2D eigenvalue weighted by atomic mass is 9.95. The van der Waals surface area contributed by atoms with Crippen LogP contribution in [0.15, 0.2) is 96.1 Å². The monoisotopic (exact) mass is 514 g/mol. The first-order valence-corrected chi connectivity index (χ1v) is 13.0. The van der Waals surface area contributed by atoms with Crippen molar-refractivity contribution in [1.82, 2.24) is 4.90 Å². The van der Waals surface area contributed by atoms with E-state index in [-0.39, 0.29) is 31.5 Å². The standard InChI is InChI=1S/C30H34N4O4/c1-23-27(32-33-31)17-18-29(38-23)28(22-36-20-25-13-7-3-8-14-25)34(19-24-11-5-2-6-12-24)30(35)37-21-26-15-9-4-10-16-26/h2-16,23,27-29H,17-22H2,1H3. The average Bonchev–Trinajstić information content (AvgIpc) is 2.96. The van der Waals surface area contributed by atoms with Crippen LogP contribution in [0.25, 0.3) is 10.4 Å². The molecule has 1 heterocycles. The highest BCUT2D eigenvalue weighted by molar-refractivity contribution is 5.68. The van der Waals surface area contributed by atoms with Crippen LogP contribution in [0.1, 0.15) is 36.5 Å². The van der Waals surface area contributed by atoms with Crippen molar-refractivity contribution in [1.29, 1.82) is 0 Å². The highest BCUT2D eigenvalue weighted by Gasteiger charge is 2.38. The first-order chi connectivity index (χ1) is 18.6. The number of nitrogens with zero attached hydrogens (tertiary/aromatic N) is 4. The second-order valence-electron chi connectivity index (χ2n) is 9.45. The zero-order chi connectivity index (χ0) is 26.6. The Labute approximate surface area is 223 Å². The normalized spacial score (nSPS) is 19.7. The van der Waals surface area contributed by atoms with Gasteiger partial charge in [0.15, 0.2) is 0 Å². The van der Waals surface area contributed by atoms with Crippen molar-refractivity contribution >= 4 is 6.09 Å². The third-order valence-corrected chi connectivity index (χ3v) is 6.74. The van der Waals surface area contributed by atoms with E-state index in [1.165, 1.54) is 0 Å². The van der Waals surface area contributed by atoms with Crippen LogP contribution in [0.4, 0.5) is 4.79 Å². The maximum atomic E-state index is 13.6. The van der Waals surface area contributed by atoms with Crippen LogP contribution in [0.3, 0.4) is 0 Å². The molecular weight excluding hydrogens is 480 g/mol. The zero-order valence-electron chi connectivity index (χ0n) is 21.6. The molecule has 0 N–H and O–H groups in total. The van der Waals surface area contributed by atoms with Crippen LogP contribution in [-0.2, 0) is 34.0 Å². The maximum absolute atomic E-state index is 13.6. The fourth-order valence-corrected chi connectivity index (χ4v) is 4.67. The summed E-state index contributed by atoms with van der Waals surface area (Å²) in [6, 6.07) is 28.7. The van der Waals surface area contributed by atoms with E-state index in [2.05, 4.69) is 10.0 Å². The van der Waals surface area contributed by atoms with Crippen molar-refractivity contribution < 1.29 is 19.0 Å². The van der Waals surface area contributed by atoms with E-state index < -0.39 is 12.1 Å². The van der Waals surface area contributed by atoms with E-state index in [1.807, 2.05) is 97.9 Å². The summed E-state index contributed by atoms with van der Waals surface area (Å²) >= 11 is 0. The number of hydrogen-bond acceptors (Lipinski definition) is 5. The Morgan fingerprint density at radius 1 is 0.947 bits per heavy atom. The molecule has 4 rings (SSSR count). The van der Waals surface area contributed by atoms with Gasteiger partial charge in [-0.1, -0.05) is 96.1 Å². The van der Waals surface area contributed by atoms with Gasteiger partial charge in [0.25, 0.3) is 0 Å². The van der Waals surface area contributed by atoms with Gasteiger partial charge in [-0.25, -0.2) is 4.79 Å². The van der Waals surface area contributed by atoms with Gasteiger partial charge in [-0.2, -0.15) is 0 Å². The van der Waals surface area contributed by atoms with Gasteiger partial charge in [-0.05, 0) is 42.0 Å². The number of hydrogen-bond donors (Lipinski definition) is 0. The molecule has 38 heavy (non-hydrogen) atoms. The van der Waals surface area contributed by atoms with E-state index in [4.69, 9.17) is 19.7 Å². The fourth-order valence-electron chi connectivity index (χ4n) is 4.67. The molecule has 198 valence electrons. The molecule has 1 aliphatic heterocycles. The first kappa shape index (κ1) is 27.2. The Morgan fingerprint density at radius 2 is 1.53 bits per heavy atom. The Hall–Kier alpha value is -3.84. The van der Waals surface area contributed by atoms with Gasteiger partial charge in [-0.15, -0.1) is 0 Å². The average molecular weight is 515 g/mol. The number of carbonyl (C=O) groups excluding carboxylic acids is 1. The minimum absolute atomic E-state index is 0.170. The summed E-state index contributed by atoms with van der Waals surface area (Å²) in [4.78, 5) is 18.3. The highest BCUT2D eigenvalue weighted by Crippen LogP contribution is 2.28. The quantitative estimate of drug-likeness (QED) is 0.162.